The van der Waals surface area contributed by atoms with Crippen LogP contribution in [0.25, 0.3) is 0 Å². The number of aryl methyl sites for hydroxylation is 1. The van der Waals surface area contributed by atoms with Gasteiger partial charge < -0.3 is 4.90 Å². The first-order chi connectivity index (χ1) is 7.95. The van der Waals surface area contributed by atoms with Gasteiger partial charge in [-0.25, -0.2) is 0 Å². The van der Waals surface area contributed by atoms with E-state index < -0.39 is 0 Å². The van der Waals surface area contributed by atoms with E-state index in [1.54, 1.807) is 11.1 Å². The van der Waals surface area contributed by atoms with E-state index in [0.29, 0.717) is 0 Å². The molecule has 1 nitrogen and oxygen atoms in total. The van der Waals surface area contributed by atoms with Crippen LogP contribution in [0.15, 0.2) is 42.6 Å². The highest BCUT2D eigenvalue weighted by atomic mass is 15.1. The van der Waals surface area contributed by atoms with Gasteiger partial charge in [-0.1, -0.05) is 24.3 Å². The minimum absolute atomic E-state index is 1.01. The minimum atomic E-state index is 1.01. The predicted molar refractivity (Wildman–Crippen MR) is 68.7 cm³/mol. The number of hydrogen-bond acceptors (Lipinski definition) is 1. The van der Waals surface area contributed by atoms with Crippen LogP contribution in [-0.4, -0.2) is 6.54 Å². The Balaban J connectivity index is 2.00. The van der Waals surface area contributed by atoms with Crippen molar-refractivity contribution in [2.75, 3.05) is 11.4 Å². The fourth-order valence-corrected chi connectivity index (χ4v) is 2.68. The first-order valence-electron chi connectivity index (χ1n) is 6.16. The average Bonchev–Trinajstić information content (AvgIpc) is 2.39. The van der Waals surface area contributed by atoms with Gasteiger partial charge in [-0.05, 0) is 49.0 Å². The molecule has 3 rings (SSSR count). The molecule has 0 amide bonds. The number of benzene rings is 1. The number of fused-ring (bicyclic) bond motifs is 1. The largest absolute Gasteiger partial charge is 0.344 e. The van der Waals surface area contributed by atoms with Crippen LogP contribution in [-0.2, 0) is 12.8 Å². The van der Waals surface area contributed by atoms with Crippen molar-refractivity contribution in [2.45, 2.75) is 25.7 Å². The van der Waals surface area contributed by atoms with Crippen LogP contribution in [0.5, 0.6) is 0 Å². The molecule has 0 aromatic heterocycles. The topological polar surface area (TPSA) is 3.24 Å². The SMILES string of the molecule is C1=CCN(c2cccc3c2CCCC3)C=C1. The summed E-state index contributed by atoms with van der Waals surface area (Å²) in [7, 11) is 0. The standard InChI is InChI=1S/C15H17N/c1-4-11-16(12-5-1)15-10-6-8-13-7-2-3-9-14(13)15/h1,4-6,8,10-11H,2-3,7,9,12H2. The van der Waals surface area contributed by atoms with E-state index in [4.69, 9.17) is 0 Å². The van der Waals surface area contributed by atoms with Crippen LogP contribution in [0, 0.1) is 0 Å². The van der Waals surface area contributed by atoms with Crippen LogP contribution in [0.1, 0.15) is 24.0 Å². The van der Waals surface area contributed by atoms with Crippen molar-refractivity contribution < 1.29 is 0 Å². The molecule has 1 aliphatic heterocycles. The number of anilines is 1. The van der Waals surface area contributed by atoms with Crippen LogP contribution in [0.2, 0.25) is 0 Å². The first kappa shape index (κ1) is 9.71. The van der Waals surface area contributed by atoms with Crippen molar-refractivity contribution in [3.63, 3.8) is 0 Å². The maximum absolute atomic E-state index is 2.35. The lowest BCUT2D eigenvalue weighted by Crippen LogP contribution is -2.20. The summed E-state index contributed by atoms with van der Waals surface area (Å²) in [5.74, 6) is 0. The molecule has 0 saturated carbocycles. The molecule has 1 aliphatic carbocycles. The molecule has 0 atom stereocenters. The molecule has 1 heteroatoms. The summed E-state index contributed by atoms with van der Waals surface area (Å²) >= 11 is 0. The molecular weight excluding hydrogens is 194 g/mol. The zero-order chi connectivity index (χ0) is 10.8. The van der Waals surface area contributed by atoms with Gasteiger partial charge in [0.2, 0.25) is 0 Å². The van der Waals surface area contributed by atoms with Crippen LogP contribution < -0.4 is 4.90 Å². The maximum Gasteiger partial charge on any atom is 0.0444 e. The van der Waals surface area contributed by atoms with Gasteiger partial charge >= 0.3 is 0 Å². The van der Waals surface area contributed by atoms with E-state index in [0.717, 1.165) is 6.54 Å². The van der Waals surface area contributed by atoms with E-state index in [1.165, 1.54) is 31.4 Å². The molecule has 1 aromatic carbocycles. The normalized spacial score (nSPS) is 18.6. The highest BCUT2D eigenvalue weighted by Gasteiger charge is 2.15. The highest BCUT2D eigenvalue weighted by Crippen LogP contribution is 2.31. The third-order valence-corrected chi connectivity index (χ3v) is 3.50. The van der Waals surface area contributed by atoms with Gasteiger partial charge in [0.15, 0.2) is 0 Å². The third kappa shape index (κ3) is 1.67. The van der Waals surface area contributed by atoms with Gasteiger partial charge in [0, 0.05) is 18.4 Å². The molecule has 0 spiro atoms. The summed E-state index contributed by atoms with van der Waals surface area (Å²) in [6.45, 7) is 1.01. The molecule has 0 bridgehead atoms. The number of hydrogen-bond donors (Lipinski definition) is 0. The fraction of sp³-hybridized carbons (Fsp3) is 0.333. The molecule has 0 N–H and O–H groups in total. The van der Waals surface area contributed by atoms with E-state index in [1.807, 2.05) is 0 Å². The van der Waals surface area contributed by atoms with Crippen LogP contribution >= 0.6 is 0 Å². The molecule has 16 heavy (non-hydrogen) atoms. The number of rotatable bonds is 1. The molecule has 2 aliphatic rings. The van der Waals surface area contributed by atoms with Crippen LogP contribution in [0.3, 0.4) is 0 Å². The van der Waals surface area contributed by atoms with E-state index in [9.17, 15) is 0 Å². The number of allylic oxidation sites excluding steroid dienone is 2. The van der Waals surface area contributed by atoms with E-state index in [2.05, 4.69) is 47.5 Å². The molecule has 0 saturated heterocycles. The van der Waals surface area contributed by atoms with Gasteiger partial charge in [-0.3, -0.25) is 0 Å². The summed E-state index contributed by atoms with van der Waals surface area (Å²) in [6.07, 6.45) is 13.8. The Morgan fingerprint density at radius 3 is 2.81 bits per heavy atom. The molecule has 0 unspecified atom stereocenters. The number of nitrogens with zero attached hydrogens (tertiary/aromatic N) is 1. The quantitative estimate of drug-likeness (QED) is 0.687. The summed E-state index contributed by atoms with van der Waals surface area (Å²) in [5.41, 5.74) is 4.55. The van der Waals surface area contributed by atoms with Gasteiger partial charge in [-0.2, -0.15) is 0 Å². The van der Waals surface area contributed by atoms with Crippen molar-refractivity contribution in [1.29, 1.82) is 0 Å². The highest BCUT2D eigenvalue weighted by molar-refractivity contribution is 5.60. The van der Waals surface area contributed by atoms with Gasteiger partial charge in [-0.15, -0.1) is 0 Å². The second-order valence-corrected chi connectivity index (χ2v) is 4.54. The zero-order valence-corrected chi connectivity index (χ0v) is 9.52. The van der Waals surface area contributed by atoms with Crippen molar-refractivity contribution in [3.8, 4) is 0 Å². The lowest BCUT2D eigenvalue weighted by Gasteiger charge is -2.27. The Morgan fingerprint density at radius 2 is 1.94 bits per heavy atom. The van der Waals surface area contributed by atoms with Gasteiger partial charge in [0.1, 0.15) is 0 Å². The first-order valence-corrected chi connectivity index (χ1v) is 6.16. The lowest BCUT2D eigenvalue weighted by atomic mass is 9.90. The maximum atomic E-state index is 2.35. The van der Waals surface area contributed by atoms with Crippen LogP contribution in [0.4, 0.5) is 5.69 Å². The van der Waals surface area contributed by atoms with Crippen molar-refractivity contribution >= 4 is 5.69 Å². The molecule has 82 valence electrons. The van der Waals surface area contributed by atoms with Gasteiger partial charge in [0.05, 0.1) is 0 Å². The molecule has 1 aromatic rings. The Labute approximate surface area is 97.1 Å². The lowest BCUT2D eigenvalue weighted by molar-refractivity contribution is 0.684. The Kier molecular flexibility index (Phi) is 2.53. The monoisotopic (exact) mass is 211 g/mol. The van der Waals surface area contributed by atoms with E-state index in [-0.39, 0.29) is 0 Å². The molecular formula is C15H17N. The zero-order valence-electron chi connectivity index (χ0n) is 9.52. The van der Waals surface area contributed by atoms with Gasteiger partial charge in [0.25, 0.3) is 0 Å². The molecule has 1 heterocycles. The van der Waals surface area contributed by atoms with Crippen molar-refractivity contribution in [2.24, 2.45) is 0 Å². The minimum Gasteiger partial charge on any atom is -0.344 e. The molecule has 0 fully saturated rings. The Hall–Kier alpha value is -1.50. The average molecular weight is 211 g/mol. The summed E-state index contributed by atoms with van der Waals surface area (Å²) in [6, 6.07) is 6.75. The Morgan fingerprint density at radius 1 is 1.00 bits per heavy atom. The predicted octanol–water partition coefficient (Wildman–Crippen LogP) is 3.46. The summed E-state index contributed by atoms with van der Waals surface area (Å²) < 4.78 is 0. The smallest absolute Gasteiger partial charge is 0.0444 e. The third-order valence-electron chi connectivity index (χ3n) is 3.50. The fourth-order valence-electron chi connectivity index (χ4n) is 2.68. The summed E-state index contributed by atoms with van der Waals surface area (Å²) in [5, 5.41) is 0. The van der Waals surface area contributed by atoms with Crippen molar-refractivity contribution in [1.82, 2.24) is 0 Å². The second-order valence-electron chi connectivity index (χ2n) is 4.54. The van der Waals surface area contributed by atoms with Crippen molar-refractivity contribution in [3.05, 3.63) is 53.8 Å². The van der Waals surface area contributed by atoms with E-state index >= 15 is 0 Å². The summed E-state index contributed by atoms with van der Waals surface area (Å²) in [4.78, 5) is 2.35. The molecule has 0 radical (unpaired) electrons. The second kappa shape index (κ2) is 4.17. The Bertz CT molecular complexity index is 443.